The molecule has 0 spiro atoms. The van der Waals surface area contributed by atoms with Gasteiger partial charge in [0.25, 0.3) is 0 Å². The van der Waals surface area contributed by atoms with Crippen molar-refractivity contribution in [3.05, 3.63) is 34.3 Å². The molecule has 1 saturated heterocycles. The maximum atomic E-state index is 11.4. The number of carbonyl (C=O) groups excluding carboxylic acids is 1. The Hall–Kier alpha value is -1.06. The van der Waals surface area contributed by atoms with Crippen molar-refractivity contribution in [2.24, 2.45) is 0 Å². The molecule has 0 aliphatic carbocycles. The zero-order chi connectivity index (χ0) is 13.1. The maximum Gasteiger partial charge on any atom is 0.222 e. The second-order valence-corrected chi connectivity index (χ2v) is 5.39. The van der Waals surface area contributed by atoms with E-state index in [4.69, 9.17) is 11.6 Å². The number of amides is 1. The molecule has 0 saturated carbocycles. The first kappa shape index (κ1) is 13.4. The Morgan fingerprint density at radius 2 is 2.28 bits per heavy atom. The summed E-state index contributed by atoms with van der Waals surface area (Å²) in [4.78, 5) is 13.2. The summed E-state index contributed by atoms with van der Waals surface area (Å²) in [5, 5.41) is 4.28. The number of hydrogen-bond donors (Lipinski definition) is 1. The molecular weight excluding hydrogens is 248 g/mol. The molecule has 98 valence electrons. The highest BCUT2D eigenvalue weighted by molar-refractivity contribution is 6.31. The highest BCUT2D eigenvalue weighted by atomic mass is 35.5. The fourth-order valence-corrected chi connectivity index (χ4v) is 2.53. The zero-order valence-electron chi connectivity index (χ0n) is 10.9. The Labute approximate surface area is 113 Å². The lowest BCUT2D eigenvalue weighted by molar-refractivity contribution is -0.132. The van der Waals surface area contributed by atoms with Crippen molar-refractivity contribution in [2.75, 3.05) is 13.6 Å². The van der Waals surface area contributed by atoms with Crippen molar-refractivity contribution in [1.82, 2.24) is 10.2 Å². The molecule has 1 fully saturated rings. The molecular formula is C14H19ClN2O. The van der Waals surface area contributed by atoms with Gasteiger partial charge in [0.15, 0.2) is 0 Å². The van der Waals surface area contributed by atoms with Crippen LogP contribution < -0.4 is 5.32 Å². The van der Waals surface area contributed by atoms with Crippen LogP contribution >= 0.6 is 11.6 Å². The van der Waals surface area contributed by atoms with E-state index in [0.29, 0.717) is 12.5 Å². The number of benzene rings is 1. The summed E-state index contributed by atoms with van der Waals surface area (Å²) in [6.45, 7) is 3.57. The number of aryl methyl sites for hydroxylation is 1. The van der Waals surface area contributed by atoms with Gasteiger partial charge in [-0.3, -0.25) is 4.79 Å². The van der Waals surface area contributed by atoms with Crippen LogP contribution in [0.5, 0.6) is 0 Å². The summed E-state index contributed by atoms with van der Waals surface area (Å²) in [5.74, 6) is 0.237. The van der Waals surface area contributed by atoms with Crippen LogP contribution in [0.15, 0.2) is 18.2 Å². The minimum atomic E-state index is 0.237. The molecule has 18 heavy (non-hydrogen) atoms. The fourth-order valence-electron chi connectivity index (χ4n) is 2.23. The largest absolute Gasteiger partial charge is 0.344 e. The van der Waals surface area contributed by atoms with Gasteiger partial charge in [0.05, 0.1) is 0 Å². The van der Waals surface area contributed by atoms with Gasteiger partial charge in [-0.05, 0) is 30.5 Å². The second kappa shape index (κ2) is 5.72. The summed E-state index contributed by atoms with van der Waals surface area (Å²) in [5.41, 5.74) is 2.29. The number of halogens is 1. The lowest BCUT2D eigenvalue weighted by Gasteiger charge is -2.30. The number of nitrogens with one attached hydrogen (secondary N) is 1. The summed E-state index contributed by atoms with van der Waals surface area (Å²) >= 11 is 6.19. The van der Waals surface area contributed by atoms with Crippen LogP contribution in [0.25, 0.3) is 0 Å². The standard InChI is InChI=1S/C14H19ClN2O/c1-10-3-4-11(13(15)7-10)8-16-12-5-6-14(18)17(2)9-12/h3-4,7,12,16H,5-6,8-9H2,1-2H3. The third-order valence-electron chi connectivity index (χ3n) is 3.42. The summed E-state index contributed by atoms with van der Waals surface area (Å²) in [7, 11) is 1.86. The van der Waals surface area contributed by atoms with E-state index in [9.17, 15) is 4.79 Å². The quantitative estimate of drug-likeness (QED) is 0.911. The van der Waals surface area contributed by atoms with Gasteiger partial charge in [0.2, 0.25) is 5.91 Å². The van der Waals surface area contributed by atoms with Crippen LogP contribution in [-0.4, -0.2) is 30.4 Å². The van der Waals surface area contributed by atoms with Crippen LogP contribution in [0.3, 0.4) is 0 Å². The lowest BCUT2D eigenvalue weighted by atomic mass is 10.1. The molecule has 1 heterocycles. The van der Waals surface area contributed by atoms with Crippen LogP contribution in [0.4, 0.5) is 0 Å². The number of hydrogen-bond acceptors (Lipinski definition) is 2. The van der Waals surface area contributed by atoms with Gasteiger partial charge in [0.1, 0.15) is 0 Å². The van der Waals surface area contributed by atoms with Crippen LogP contribution in [0, 0.1) is 6.92 Å². The van der Waals surface area contributed by atoms with E-state index >= 15 is 0 Å². The van der Waals surface area contributed by atoms with Crippen molar-refractivity contribution in [3.8, 4) is 0 Å². The Bertz CT molecular complexity index is 447. The Kier molecular flexibility index (Phi) is 4.25. The van der Waals surface area contributed by atoms with Gasteiger partial charge in [0, 0.05) is 37.6 Å². The molecule has 1 aromatic rings. The fraction of sp³-hybridized carbons (Fsp3) is 0.500. The van der Waals surface area contributed by atoms with Crippen molar-refractivity contribution in [2.45, 2.75) is 32.4 Å². The van der Waals surface area contributed by atoms with E-state index in [-0.39, 0.29) is 5.91 Å². The Morgan fingerprint density at radius 3 is 2.94 bits per heavy atom. The van der Waals surface area contributed by atoms with Gasteiger partial charge in [-0.15, -0.1) is 0 Å². The topological polar surface area (TPSA) is 32.3 Å². The molecule has 0 bridgehead atoms. The first-order chi connectivity index (χ1) is 8.56. The number of rotatable bonds is 3. The number of nitrogens with zero attached hydrogens (tertiary/aromatic N) is 1. The highest BCUT2D eigenvalue weighted by Gasteiger charge is 2.22. The molecule has 3 nitrogen and oxygen atoms in total. The van der Waals surface area contributed by atoms with Crippen LogP contribution in [0.2, 0.25) is 5.02 Å². The zero-order valence-corrected chi connectivity index (χ0v) is 11.6. The molecule has 1 aliphatic heterocycles. The molecule has 4 heteroatoms. The first-order valence-electron chi connectivity index (χ1n) is 6.28. The van der Waals surface area contributed by atoms with E-state index in [0.717, 1.165) is 30.1 Å². The predicted octanol–water partition coefficient (Wildman–Crippen LogP) is 2.36. The van der Waals surface area contributed by atoms with Gasteiger partial charge < -0.3 is 10.2 Å². The first-order valence-corrected chi connectivity index (χ1v) is 6.66. The van der Waals surface area contributed by atoms with E-state index < -0.39 is 0 Å². The molecule has 1 aliphatic rings. The van der Waals surface area contributed by atoms with Crippen molar-refractivity contribution in [3.63, 3.8) is 0 Å². The van der Waals surface area contributed by atoms with E-state index in [1.807, 2.05) is 20.0 Å². The van der Waals surface area contributed by atoms with Gasteiger partial charge in [-0.2, -0.15) is 0 Å². The van der Waals surface area contributed by atoms with Crippen molar-refractivity contribution < 1.29 is 4.79 Å². The van der Waals surface area contributed by atoms with Crippen LogP contribution in [0.1, 0.15) is 24.0 Å². The third-order valence-corrected chi connectivity index (χ3v) is 3.77. The number of carbonyl (C=O) groups is 1. The molecule has 0 radical (unpaired) electrons. The molecule has 1 aromatic carbocycles. The minimum Gasteiger partial charge on any atom is -0.344 e. The van der Waals surface area contributed by atoms with E-state index in [2.05, 4.69) is 17.4 Å². The van der Waals surface area contributed by atoms with E-state index in [1.165, 1.54) is 5.56 Å². The van der Waals surface area contributed by atoms with Gasteiger partial charge in [-0.25, -0.2) is 0 Å². The molecule has 0 aromatic heterocycles. The average molecular weight is 267 g/mol. The van der Waals surface area contributed by atoms with Gasteiger partial charge in [-0.1, -0.05) is 23.7 Å². The molecule has 1 N–H and O–H groups in total. The Balaban J connectivity index is 1.90. The number of likely N-dealkylation sites (tertiary alicyclic amines) is 1. The lowest BCUT2D eigenvalue weighted by Crippen LogP contribution is -2.46. The SMILES string of the molecule is Cc1ccc(CNC2CCC(=O)N(C)C2)c(Cl)c1. The normalized spacial score (nSPS) is 20.3. The second-order valence-electron chi connectivity index (χ2n) is 4.99. The smallest absolute Gasteiger partial charge is 0.222 e. The Morgan fingerprint density at radius 1 is 1.50 bits per heavy atom. The average Bonchev–Trinajstić information content (AvgIpc) is 2.32. The van der Waals surface area contributed by atoms with Gasteiger partial charge >= 0.3 is 0 Å². The maximum absolute atomic E-state index is 11.4. The molecule has 1 amide bonds. The summed E-state index contributed by atoms with van der Waals surface area (Å²) in [6.07, 6.45) is 1.54. The summed E-state index contributed by atoms with van der Waals surface area (Å²) < 4.78 is 0. The monoisotopic (exact) mass is 266 g/mol. The van der Waals surface area contributed by atoms with Crippen LogP contribution in [-0.2, 0) is 11.3 Å². The highest BCUT2D eigenvalue weighted by Crippen LogP contribution is 2.18. The number of likely N-dealkylation sites (N-methyl/N-ethyl adjacent to an activating group) is 1. The van der Waals surface area contributed by atoms with E-state index in [1.54, 1.807) is 4.90 Å². The number of piperidine rings is 1. The summed E-state index contributed by atoms with van der Waals surface area (Å²) in [6, 6.07) is 6.47. The van der Waals surface area contributed by atoms with Crippen molar-refractivity contribution >= 4 is 17.5 Å². The third kappa shape index (κ3) is 3.24. The minimum absolute atomic E-state index is 0.237. The van der Waals surface area contributed by atoms with Crippen molar-refractivity contribution in [1.29, 1.82) is 0 Å². The molecule has 2 rings (SSSR count). The molecule has 1 unspecified atom stereocenters. The molecule has 1 atom stereocenters. The predicted molar refractivity (Wildman–Crippen MR) is 73.7 cm³/mol.